The van der Waals surface area contributed by atoms with Gasteiger partial charge in [-0.15, -0.1) is 23.5 Å². The molecule has 0 aromatic heterocycles. The number of hydrogen-bond donors (Lipinski definition) is 2. The lowest BCUT2D eigenvalue weighted by atomic mass is 11.0. The molecule has 11 heavy (non-hydrogen) atoms. The summed E-state index contributed by atoms with van der Waals surface area (Å²) in [5.74, 6) is 2.93. The molecule has 0 aliphatic carbocycles. The average molecular weight is 214 g/mol. The monoisotopic (exact) mass is 214 g/mol. The third-order valence-electron chi connectivity index (χ3n) is 1.07. The van der Waals surface area contributed by atoms with Gasteiger partial charge >= 0.3 is 0 Å². The lowest BCUT2D eigenvalue weighted by Gasteiger charge is -2.02. The zero-order valence-corrected chi connectivity index (χ0v) is 8.32. The minimum Gasteiger partial charge on any atom is -0.195 e. The molecule has 1 aliphatic heterocycles. The van der Waals surface area contributed by atoms with E-state index in [1.807, 2.05) is 0 Å². The minimum absolute atomic E-state index is 0.468. The van der Waals surface area contributed by atoms with Crippen LogP contribution < -0.4 is 9.44 Å². The Kier molecular flexibility index (Phi) is 4.00. The van der Waals surface area contributed by atoms with Gasteiger partial charge in [-0.05, 0) is 0 Å². The fourth-order valence-corrected chi connectivity index (χ4v) is 3.79. The Labute approximate surface area is 75.1 Å². The standard InChI is InChI=1S/C4H10N2O2S3/c7-11(8)5-3-9-1-2-10-4-6-11/h5-6H,1-4H2. The summed E-state index contributed by atoms with van der Waals surface area (Å²) in [6.45, 7) is 0. The highest BCUT2D eigenvalue weighted by molar-refractivity contribution is 8.04. The van der Waals surface area contributed by atoms with Crippen LogP contribution in [-0.2, 0) is 10.2 Å². The summed E-state index contributed by atoms with van der Waals surface area (Å²) < 4.78 is 26.7. The Bertz CT molecular complexity index is 187. The Balaban J connectivity index is 2.44. The van der Waals surface area contributed by atoms with Gasteiger partial charge < -0.3 is 0 Å². The lowest BCUT2D eigenvalue weighted by molar-refractivity contribution is 0.578. The maximum Gasteiger partial charge on any atom is 0.278 e. The van der Waals surface area contributed by atoms with Crippen LogP contribution >= 0.6 is 23.5 Å². The smallest absolute Gasteiger partial charge is 0.195 e. The van der Waals surface area contributed by atoms with E-state index in [1.54, 1.807) is 23.5 Å². The van der Waals surface area contributed by atoms with E-state index in [-0.39, 0.29) is 0 Å². The van der Waals surface area contributed by atoms with Gasteiger partial charge in [-0.2, -0.15) is 17.9 Å². The largest absolute Gasteiger partial charge is 0.278 e. The van der Waals surface area contributed by atoms with Crippen LogP contribution in [0.2, 0.25) is 0 Å². The van der Waals surface area contributed by atoms with Crippen LogP contribution in [0.5, 0.6) is 0 Å². The van der Waals surface area contributed by atoms with Crippen molar-refractivity contribution in [3.05, 3.63) is 0 Å². The molecular weight excluding hydrogens is 204 g/mol. The zero-order valence-electron chi connectivity index (χ0n) is 5.87. The fourth-order valence-electron chi connectivity index (χ4n) is 0.552. The maximum absolute atomic E-state index is 10.9. The van der Waals surface area contributed by atoms with Crippen molar-refractivity contribution in [2.75, 3.05) is 23.3 Å². The first-order chi connectivity index (χ1) is 5.21. The van der Waals surface area contributed by atoms with Gasteiger partial charge in [0.05, 0.1) is 11.8 Å². The fraction of sp³-hybridized carbons (Fsp3) is 1.00. The molecule has 0 bridgehead atoms. The molecule has 1 rings (SSSR count). The van der Waals surface area contributed by atoms with Crippen LogP contribution in [-0.4, -0.2) is 31.7 Å². The second kappa shape index (κ2) is 4.56. The van der Waals surface area contributed by atoms with Crippen molar-refractivity contribution < 1.29 is 8.42 Å². The molecule has 7 heteroatoms. The Morgan fingerprint density at radius 1 is 1.00 bits per heavy atom. The summed E-state index contributed by atoms with van der Waals surface area (Å²) in [7, 11) is -3.21. The van der Waals surface area contributed by atoms with E-state index in [1.165, 1.54) is 0 Å². The van der Waals surface area contributed by atoms with Crippen molar-refractivity contribution >= 4 is 33.7 Å². The number of hydrogen-bond acceptors (Lipinski definition) is 4. The molecule has 0 saturated carbocycles. The third kappa shape index (κ3) is 4.22. The summed E-state index contributed by atoms with van der Waals surface area (Å²) in [5, 5.41) is 0. The highest BCUT2D eigenvalue weighted by Gasteiger charge is 2.09. The van der Waals surface area contributed by atoms with Crippen molar-refractivity contribution in [3.8, 4) is 0 Å². The molecule has 0 atom stereocenters. The molecule has 0 radical (unpaired) electrons. The molecule has 0 spiro atoms. The molecule has 1 heterocycles. The van der Waals surface area contributed by atoms with Gasteiger partial charge in [0, 0.05) is 11.5 Å². The molecule has 1 aliphatic rings. The highest BCUT2D eigenvalue weighted by atomic mass is 32.2. The van der Waals surface area contributed by atoms with Gasteiger partial charge in [-0.25, -0.2) is 0 Å². The van der Waals surface area contributed by atoms with Crippen molar-refractivity contribution in [1.82, 2.24) is 9.44 Å². The molecule has 0 aromatic carbocycles. The summed E-state index contributed by atoms with van der Waals surface area (Å²) in [6, 6.07) is 0. The van der Waals surface area contributed by atoms with E-state index >= 15 is 0 Å². The molecule has 4 nitrogen and oxygen atoms in total. The van der Waals surface area contributed by atoms with Crippen LogP contribution in [0.25, 0.3) is 0 Å². The maximum atomic E-state index is 10.9. The van der Waals surface area contributed by atoms with E-state index in [2.05, 4.69) is 9.44 Å². The van der Waals surface area contributed by atoms with Crippen LogP contribution in [0.1, 0.15) is 0 Å². The third-order valence-corrected chi connectivity index (χ3v) is 4.43. The molecule has 0 aromatic rings. The quantitative estimate of drug-likeness (QED) is 0.586. The topological polar surface area (TPSA) is 58.2 Å². The summed E-state index contributed by atoms with van der Waals surface area (Å²) >= 11 is 3.19. The average Bonchev–Trinajstić information content (AvgIpc) is 2.00. The predicted octanol–water partition coefficient (Wildman–Crippen LogP) is -0.195. The first-order valence-electron chi connectivity index (χ1n) is 3.10. The van der Waals surface area contributed by atoms with Crippen LogP contribution in [0, 0.1) is 0 Å². The van der Waals surface area contributed by atoms with E-state index in [9.17, 15) is 8.42 Å². The van der Waals surface area contributed by atoms with Gasteiger partial charge in [0.15, 0.2) is 0 Å². The molecule has 2 N–H and O–H groups in total. The van der Waals surface area contributed by atoms with Crippen molar-refractivity contribution in [2.45, 2.75) is 0 Å². The number of thioether (sulfide) groups is 2. The molecule has 1 fully saturated rings. The number of nitrogens with one attached hydrogen (secondary N) is 2. The molecule has 1 saturated heterocycles. The van der Waals surface area contributed by atoms with Crippen LogP contribution in [0.15, 0.2) is 0 Å². The summed E-state index contributed by atoms with van der Waals surface area (Å²) in [4.78, 5) is 0. The van der Waals surface area contributed by atoms with E-state index in [0.717, 1.165) is 11.5 Å². The van der Waals surface area contributed by atoms with E-state index in [0.29, 0.717) is 11.8 Å². The second-order valence-corrected chi connectivity index (χ2v) is 5.69. The van der Waals surface area contributed by atoms with Gasteiger partial charge in [0.2, 0.25) is 0 Å². The Morgan fingerprint density at radius 2 is 1.45 bits per heavy atom. The van der Waals surface area contributed by atoms with E-state index < -0.39 is 10.2 Å². The Morgan fingerprint density at radius 3 is 1.91 bits per heavy atom. The van der Waals surface area contributed by atoms with Gasteiger partial charge in [0.1, 0.15) is 0 Å². The SMILES string of the molecule is O=S1(=O)NCSCCSCN1. The van der Waals surface area contributed by atoms with Crippen LogP contribution in [0.4, 0.5) is 0 Å². The molecule has 66 valence electrons. The lowest BCUT2D eigenvalue weighted by Crippen LogP contribution is -2.35. The predicted molar refractivity (Wildman–Crippen MR) is 49.8 cm³/mol. The molecule has 0 amide bonds. The summed E-state index contributed by atoms with van der Waals surface area (Å²) in [6.07, 6.45) is 0. The van der Waals surface area contributed by atoms with Crippen molar-refractivity contribution in [1.29, 1.82) is 0 Å². The second-order valence-electron chi connectivity index (χ2n) is 1.90. The zero-order chi connectivity index (χ0) is 8.16. The van der Waals surface area contributed by atoms with Crippen molar-refractivity contribution in [3.63, 3.8) is 0 Å². The minimum atomic E-state index is -3.21. The first kappa shape index (κ1) is 9.66. The Hall–Kier alpha value is 0.570. The summed E-state index contributed by atoms with van der Waals surface area (Å²) in [5.41, 5.74) is 0. The molecular formula is C4H10N2O2S3. The van der Waals surface area contributed by atoms with Gasteiger partial charge in [-0.1, -0.05) is 0 Å². The normalized spacial score (nSPS) is 26.5. The van der Waals surface area contributed by atoms with Gasteiger partial charge in [0.25, 0.3) is 10.2 Å². The van der Waals surface area contributed by atoms with Gasteiger partial charge in [-0.3, -0.25) is 0 Å². The van der Waals surface area contributed by atoms with Crippen LogP contribution in [0.3, 0.4) is 0 Å². The number of rotatable bonds is 0. The highest BCUT2D eigenvalue weighted by Crippen LogP contribution is 2.06. The van der Waals surface area contributed by atoms with E-state index in [4.69, 9.17) is 0 Å². The molecule has 0 unspecified atom stereocenters. The first-order valence-corrected chi connectivity index (χ1v) is 6.90. The van der Waals surface area contributed by atoms with Crippen molar-refractivity contribution in [2.24, 2.45) is 0 Å².